The molecule has 0 saturated heterocycles. The predicted molar refractivity (Wildman–Crippen MR) is 56.7 cm³/mol. The molecule has 2 heterocycles. The lowest BCUT2D eigenvalue weighted by molar-refractivity contribution is 0.474. The lowest BCUT2D eigenvalue weighted by Crippen LogP contribution is -2.08. The van der Waals surface area contributed by atoms with Gasteiger partial charge >= 0.3 is 0 Å². The SMILES string of the molecule is Cc1cc2cc(O)cc3c2n1CCC3. The van der Waals surface area contributed by atoms with Crippen LogP contribution in [0.15, 0.2) is 18.2 Å². The Kier molecular flexibility index (Phi) is 1.43. The third-order valence-electron chi connectivity index (χ3n) is 3.09. The smallest absolute Gasteiger partial charge is 0.116 e. The Balaban J connectivity index is 2.48. The second-order valence-electron chi connectivity index (χ2n) is 4.08. The summed E-state index contributed by atoms with van der Waals surface area (Å²) in [5.74, 6) is 0.395. The van der Waals surface area contributed by atoms with Gasteiger partial charge in [0.25, 0.3) is 0 Å². The monoisotopic (exact) mass is 187 g/mol. The number of benzene rings is 1. The molecule has 14 heavy (non-hydrogen) atoms. The van der Waals surface area contributed by atoms with Crippen LogP contribution in [-0.4, -0.2) is 9.67 Å². The van der Waals surface area contributed by atoms with Crippen molar-refractivity contribution in [3.63, 3.8) is 0 Å². The van der Waals surface area contributed by atoms with E-state index in [9.17, 15) is 5.11 Å². The van der Waals surface area contributed by atoms with Crippen LogP contribution in [-0.2, 0) is 13.0 Å². The molecule has 0 radical (unpaired) electrons. The van der Waals surface area contributed by atoms with Gasteiger partial charge in [0.05, 0.1) is 5.52 Å². The van der Waals surface area contributed by atoms with Crippen molar-refractivity contribution in [3.05, 3.63) is 29.5 Å². The van der Waals surface area contributed by atoms with Gasteiger partial charge in [0, 0.05) is 17.6 Å². The average molecular weight is 187 g/mol. The van der Waals surface area contributed by atoms with E-state index >= 15 is 0 Å². The average Bonchev–Trinajstić information content (AvgIpc) is 2.45. The van der Waals surface area contributed by atoms with Crippen molar-refractivity contribution in [1.82, 2.24) is 4.57 Å². The Bertz CT molecular complexity index is 511. The Morgan fingerprint density at radius 1 is 1.29 bits per heavy atom. The molecular weight excluding hydrogens is 174 g/mol. The quantitative estimate of drug-likeness (QED) is 0.673. The fourth-order valence-electron chi connectivity index (χ4n) is 2.53. The van der Waals surface area contributed by atoms with Crippen molar-refractivity contribution in [2.24, 2.45) is 0 Å². The molecule has 2 heteroatoms. The number of nitrogens with zero attached hydrogens (tertiary/aromatic N) is 1. The van der Waals surface area contributed by atoms with Gasteiger partial charge in [-0.15, -0.1) is 0 Å². The normalized spacial score (nSPS) is 14.9. The van der Waals surface area contributed by atoms with Crippen LogP contribution in [0.1, 0.15) is 17.7 Å². The minimum absolute atomic E-state index is 0.395. The zero-order valence-electron chi connectivity index (χ0n) is 8.25. The minimum atomic E-state index is 0.395. The van der Waals surface area contributed by atoms with Crippen LogP contribution in [0.5, 0.6) is 5.75 Å². The van der Waals surface area contributed by atoms with Crippen LogP contribution >= 0.6 is 0 Å². The van der Waals surface area contributed by atoms with Crippen LogP contribution in [0.4, 0.5) is 0 Å². The Morgan fingerprint density at radius 3 is 3.00 bits per heavy atom. The molecule has 1 aliphatic rings. The van der Waals surface area contributed by atoms with Gasteiger partial charge in [-0.2, -0.15) is 0 Å². The van der Waals surface area contributed by atoms with Gasteiger partial charge in [0.1, 0.15) is 5.75 Å². The Labute approximate surface area is 82.8 Å². The van der Waals surface area contributed by atoms with E-state index in [0.29, 0.717) is 5.75 Å². The molecule has 3 rings (SSSR count). The van der Waals surface area contributed by atoms with Crippen LogP contribution in [0.3, 0.4) is 0 Å². The fourth-order valence-corrected chi connectivity index (χ4v) is 2.53. The molecule has 1 aliphatic heterocycles. The maximum Gasteiger partial charge on any atom is 0.116 e. The molecule has 0 atom stereocenters. The van der Waals surface area contributed by atoms with Crippen LogP contribution < -0.4 is 0 Å². The number of hydrogen-bond donors (Lipinski definition) is 1. The summed E-state index contributed by atoms with van der Waals surface area (Å²) >= 11 is 0. The molecule has 1 N–H and O–H groups in total. The van der Waals surface area contributed by atoms with Crippen molar-refractivity contribution < 1.29 is 5.11 Å². The van der Waals surface area contributed by atoms with E-state index in [-0.39, 0.29) is 0 Å². The number of hydrogen-bond acceptors (Lipinski definition) is 1. The van der Waals surface area contributed by atoms with Crippen molar-refractivity contribution in [3.8, 4) is 5.75 Å². The van der Waals surface area contributed by atoms with E-state index in [0.717, 1.165) is 13.0 Å². The third-order valence-corrected chi connectivity index (χ3v) is 3.09. The highest BCUT2D eigenvalue weighted by Crippen LogP contribution is 2.31. The molecule has 1 aromatic heterocycles. The van der Waals surface area contributed by atoms with Crippen LogP contribution in [0, 0.1) is 6.92 Å². The van der Waals surface area contributed by atoms with E-state index in [1.165, 1.54) is 28.6 Å². The maximum atomic E-state index is 9.56. The summed E-state index contributed by atoms with van der Waals surface area (Å²) in [4.78, 5) is 0. The van der Waals surface area contributed by atoms with Gasteiger partial charge in [0.15, 0.2) is 0 Å². The second-order valence-corrected chi connectivity index (χ2v) is 4.08. The van der Waals surface area contributed by atoms with E-state index < -0.39 is 0 Å². The highest BCUT2D eigenvalue weighted by molar-refractivity contribution is 5.86. The molecule has 0 unspecified atom stereocenters. The van der Waals surface area contributed by atoms with Gasteiger partial charge in [0.2, 0.25) is 0 Å². The first-order valence-corrected chi connectivity index (χ1v) is 5.07. The second kappa shape index (κ2) is 2.53. The lowest BCUT2D eigenvalue weighted by Gasteiger charge is -2.17. The Hall–Kier alpha value is -1.44. The first kappa shape index (κ1) is 7.92. The number of aryl methyl sites for hydroxylation is 3. The first-order chi connectivity index (χ1) is 6.75. The number of aromatic hydroxyl groups is 1. The van der Waals surface area contributed by atoms with E-state index in [2.05, 4.69) is 17.6 Å². The number of aromatic nitrogens is 1. The summed E-state index contributed by atoms with van der Waals surface area (Å²) < 4.78 is 2.35. The van der Waals surface area contributed by atoms with Gasteiger partial charge in [-0.1, -0.05) is 0 Å². The molecule has 0 spiro atoms. The molecule has 2 aromatic rings. The molecule has 0 amide bonds. The molecule has 0 bridgehead atoms. The topological polar surface area (TPSA) is 25.2 Å². The molecule has 0 fully saturated rings. The number of phenols is 1. The molecule has 72 valence electrons. The summed E-state index contributed by atoms with van der Waals surface area (Å²) in [5, 5.41) is 10.7. The van der Waals surface area contributed by atoms with Gasteiger partial charge in [-0.05, 0) is 43.5 Å². The van der Waals surface area contributed by atoms with E-state index in [1.54, 1.807) is 0 Å². The van der Waals surface area contributed by atoms with Crippen LogP contribution in [0.25, 0.3) is 10.9 Å². The highest BCUT2D eigenvalue weighted by atomic mass is 16.3. The summed E-state index contributed by atoms with van der Waals surface area (Å²) in [6.45, 7) is 3.25. The molecule has 1 aromatic carbocycles. The molecule has 0 saturated carbocycles. The van der Waals surface area contributed by atoms with Gasteiger partial charge in [-0.25, -0.2) is 0 Å². The fraction of sp³-hybridized carbons (Fsp3) is 0.333. The van der Waals surface area contributed by atoms with E-state index in [4.69, 9.17) is 0 Å². The lowest BCUT2D eigenvalue weighted by atomic mass is 10.0. The molecule has 2 nitrogen and oxygen atoms in total. The summed E-state index contributed by atoms with van der Waals surface area (Å²) in [6, 6.07) is 5.91. The minimum Gasteiger partial charge on any atom is -0.508 e. The summed E-state index contributed by atoms with van der Waals surface area (Å²) in [5.41, 5.74) is 3.91. The van der Waals surface area contributed by atoms with E-state index in [1.807, 2.05) is 12.1 Å². The zero-order valence-corrected chi connectivity index (χ0v) is 8.25. The zero-order chi connectivity index (χ0) is 9.71. The highest BCUT2D eigenvalue weighted by Gasteiger charge is 2.15. The first-order valence-electron chi connectivity index (χ1n) is 5.07. The van der Waals surface area contributed by atoms with Gasteiger partial charge < -0.3 is 9.67 Å². The number of phenolic OH excluding ortho intramolecular Hbond substituents is 1. The largest absolute Gasteiger partial charge is 0.508 e. The summed E-state index contributed by atoms with van der Waals surface area (Å²) in [7, 11) is 0. The molecular formula is C12H13NO. The van der Waals surface area contributed by atoms with Crippen molar-refractivity contribution in [2.45, 2.75) is 26.3 Å². The summed E-state index contributed by atoms with van der Waals surface area (Å²) in [6.07, 6.45) is 2.27. The van der Waals surface area contributed by atoms with Gasteiger partial charge in [-0.3, -0.25) is 0 Å². The van der Waals surface area contributed by atoms with Crippen molar-refractivity contribution >= 4 is 10.9 Å². The Morgan fingerprint density at radius 2 is 2.14 bits per heavy atom. The van der Waals surface area contributed by atoms with Crippen LogP contribution in [0.2, 0.25) is 0 Å². The van der Waals surface area contributed by atoms with Crippen molar-refractivity contribution in [1.29, 1.82) is 0 Å². The molecule has 0 aliphatic carbocycles. The third kappa shape index (κ3) is 0.910. The standard InChI is InChI=1S/C12H13NO/c1-8-5-10-7-11(14)6-9-3-2-4-13(8)12(9)10/h5-7,14H,2-4H2,1H3. The predicted octanol–water partition coefficient (Wildman–Crippen LogP) is 2.60. The van der Waals surface area contributed by atoms with Crippen molar-refractivity contribution in [2.75, 3.05) is 0 Å². The number of rotatable bonds is 0. The maximum absolute atomic E-state index is 9.56.